The zero-order chi connectivity index (χ0) is 35.9. The summed E-state index contributed by atoms with van der Waals surface area (Å²) < 4.78 is 26.1. The number of likely N-dealkylation sites (tertiary alicyclic amines) is 2. The molecule has 0 spiro atoms. The van der Waals surface area contributed by atoms with Gasteiger partial charge in [-0.15, -0.1) is 0 Å². The van der Waals surface area contributed by atoms with Crippen molar-refractivity contribution in [3.63, 3.8) is 0 Å². The Hall–Kier alpha value is -5.96. The first kappa shape index (κ1) is 35.3. The number of nitro groups is 2. The van der Waals surface area contributed by atoms with Gasteiger partial charge >= 0.3 is 12.1 Å². The molecule has 4 aromatic rings. The van der Waals surface area contributed by atoms with Gasteiger partial charge in [0.15, 0.2) is 0 Å². The minimum absolute atomic E-state index is 0.105. The largest absolute Gasteiger partial charge is 0.330 e. The van der Waals surface area contributed by atoms with Crippen LogP contribution in [0.25, 0.3) is 22.3 Å². The molecule has 6 rings (SSSR count). The van der Waals surface area contributed by atoms with E-state index in [1.807, 2.05) is 0 Å². The number of urea groups is 2. The van der Waals surface area contributed by atoms with Gasteiger partial charge in [0, 0.05) is 44.2 Å². The normalized spacial score (nSPS) is 14.1. The van der Waals surface area contributed by atoms with Crippen LogP contribution in [0.3, 0.4) is 0 Å². The molecule has 2 aliphatic heterocycles. The van der Waals surface area contributed by atoms with Crippen LogP contribution in [0, 0.1) is 43.7 Å². The number of hydrogen-bond donors (Lipinski definition) is 3. The summed E-state index contributed by atoms with van der Waals surface area (Å²) in [6, 6.07) is 19.7. The SMILES string of the molecule is CCC1CN(C(=O)Nc2cc(-c3ccc(F)cc3)ccc2[N+](=O)[O-])C1.NCC1CN(C(=O)Nc2cc(-c3ccc(F)cc3)ccc2[N+](=O)[O-])C1. The lowest BCUT2D eigenvalue weighted by Crippen LogP contribution is -2.54. The molecule has 4 amide bonds. The van der Waals surface area contributed by atoms with Crippen LogP contribution >= 0.6 is 0 Å². The molecule has 4 N–H and O–H groups in total. The molecule has 0 atom stereocenters. The number of nitrogens with zero attached hydrogens (tertiary/aromatic N) is 4. The highest BCUT2D eigenvalue weighted by molar-refractivity contribution is 5.94. The molecular formula is C35H35F2N7O6. The summed E-state index contributed by atoms with van der Waals surface area (Å²) in [6.45, 7) is 4.96. The summed E-state index contributed by atoms with van der Waals surface area (Å²) in [4.78, 5) is 49.0. The molecule has 4 aromatic carbocycles. The van der Waals surface area contributed by atoms with Crippen LogP contribution in [0.5, 0.6) is 0 Å². The Labute approximate surface area is 286 Å². The maximum Gasteiger partial charge on any atom is 0.322 e. The number of rotatable bonds is 8. The van der Waals surface area contributed by atoms with E-state index in [-0.39, 0.29) is 46.3 Å². The monoisotopic (exact) mass is 687 g/mol. The van der Waals surface area contributed by atoms with Crippen LogP contribution in [0.4, 0.5) is 41.1 Å². The van der Waals surface area contributed by atoms with Gasteiger partial charge in [-0.25, -0.2) is 18.4 Å². The maximum absolute atomic E-state index is 13.1. The van der Waals surface area contributed by atoms with Crippen LogP contribution < -0.4 is 16.4 Å². The first-order valence-corrected chi connectivity index (χ1v) is 15.9. The lowest BCUT2D eigenvalue weighted by atomic mass is 9.98. The van der Waals surface area contributed by atoms with Crippen molar-refractivity contribution in [2.75, 3.05) is 43.4 Å². The number of nitrogens with two attached hydrogens (primary N) is 1. The van der Waals surface area contributed by atoms with Crippen molar-refractivity contribution in [1.82, 2.24) is 9.80 Å². The molecule has 0 aromatic heterocycles. The van der Waals surface area contributed by atoms with Gasteiger partial charge in [-0.3, -0.25) is 20.2 Å². The highest BCUT2D eigenvalue weighted by atomic mass is 19.1. The van der Waals surface area contributed by atoms with Crippen LogP contribution in [0.2, 0.25) is 0 Å². The lowest BCUT2D eigenvalue weighted by molar-refractivity contribution is -0.384. The highest BCUT2D eigenvalue weighted by Crippen LogP contribution is 2.33. The highest BCUT2D eigenvalue weighted by Gasteiger charge is 2.31. The molecule has 0 aliphatic carbocycles. The lowest BCUT2D eigenvalue weighted by Gasteiger charge is -2.38. The average molecular weight is 688 g/mol. The third-order valence-corrected chi connectivity index (χ3v) is 8.62. The number of carbonyl (C=O) groups is 2. The van der Waals surface area contributed by atoms with Crippen molar-refractivity contribution < 1.29 is 28.2 Å². The number of halogens is 2. The van der Waals surface area contributed by atoms with Gasteiger partial charge in [0.2, 0.25) is 0 Å². The van der Waals surface area contributed by atoms with E-state index in [2.05, 4.69) is 17.6 Å². The summed E-state index contributed by atoms with van der Waals surface area (Å²) >= 11 is 0. The summed E-state index contributed by atoms with van der Waals surface area (Å²) in [7, 11) is 0. The third kappa shape index (κ3) is 8.36. The molecule has 50 heavy (non-hydrogen) atoms. The van der Waals surface area contributed by atoms with E-state index in [1.54, 1.807) is 52.3 Å². The second-order valence-corrected chi connectivity index (χ2v) is 12.0. The molecule has 0 bridgehead atoms. The fraction of sp³-hybridized carbons (Fsp3) is 0.257. The Bertz CT molecular complexity index is 1740. The molecule has 0 saturated carbocycles. The van der Waals surface area contributed by atoms with E-state index < -0.39 is 15.9 Å². The van der Waals surface area contributed by atoms with Gasteiger partial charge in [0.05, 0.1) is 9.85 Å². The zero-order valence-electron chi connectivity index (χ0n) is 27.1. The van der Waals surface area contributed by atoms with Crippen molar-refractivity contribution >= 4 is 34.8 Å². The summed E-state index contributed by atoms with van der Waals surface area (Å²) in [5, 5.41) is 27.7. The van der Waals surface area contributed by atoms with E-state index in [1.165, 1.54) is 42.5 Å². The zero-order valence-corrected chi connectivity index (χ0v) is 27.1. The predicted molar refractivity (Wildman–Crippen MR) is 184 cm³/mol. The molecule has 0 unspecified atom stereocenters. The molecule has 13 nitrogen and oxygen atoms in total. The Morgan fingerprint density at radius 2 is 1.04 bits per heavy atom. The molecule has 2 aliphatic rings. The van der Waals surface area contributed by atoms with Gasteiger partial charge < -0.3 is 26.2 Å². The van der Waals surface area contributed by atoms with Crippen LogP contribution in [-0.4, -0.2) is 64.4 Å². The third-order valence-electron chi connectivity index (χ3n) is 8.62. The smallest absolute Gasteiger partial charge is 0.322 e. The summed E-state index contributed by atoms with van der Waals surface area (Å²) in [6.07, 6.45) is 1.00. The maximum atomic E-state index is 13.1. The van der Waals surface area contributed by atoms with Crippen molar-refractivity contribution in [3.8, 4) is 22.3 Å². The standard InChI is InChI=1S/C18H18FN3O3.C17H17FN4O3/c1-2-12-10-21(11-12)18(23)20-16-9-14(5-8-17(16)22(24)25)13-3-6-15(19)7-4-13;18-14-4-1-12(2-5-14)13-3-6-16(22(24)25)15(7-13)20-17(23)21-9-11(8-19)10-21/h3-9,12H,2,10-11H2,1H3,(H,20,23);1-7,11H,8-10,19H2,(H,20,23). The van der Waals surface area contributed by atoms with Gasteiger partial charge in [0.25, 0.3) is 11.4 Å². The fourth-order valence-electron chi connectivity index (χ4n) is 5.50. The van der Waals surface area contributed by atoms with Gasteiger partial charge in [-0.2, -0.15) is 0 Å². The van der Waals surface area contributed by atoms with Crippen LogP contribution in [0.1, 0.15) is 13.3 Å². The van der Waals surface area contributed by atoms with E-state index in [9.17, 15) is 38.6 Å². The number of nitrogens with one attached hydrogen (secondary N) is 2. The number of hydrogen-bond acceptors (Lipinski definition) is 7. The predicted octanol–water partition coefficient (Wildman–Crippen LogP) is 7.10. The second-order valence-electron chi connectivity index (χ2n) is 12.0. The van der Waals surface area contributed by atoms with Crippen molar-refractivity contribution in [3.05, 3.63) is 117 Å². The van der Waals surface area contributed by atoms with Crippen molar-refractivity contribution in [2.24, 2.45) is 17.6 Å². The van der Waals surface area contributed by atoms with Crippen molar-refractivity contribution in [1.29, 1.82) is 0 Å². The Morgan fingerprint density at radius 1 is 0.680 bits per heavy atom. The summed E-state index contributed by atoms with van der Waals surface area (Å²) in [5.74, 6) is 0.0337. The number of nitro benzene ring substituents is 2. The van der Waals surface area contributed by atoms with E-state index in [4.69, 9.17) is 5.73 Å². The number of carbonyl (C=O) groups excluding carboxylic acids is 2. The van der Waals surface area contributed by atoms with Gasteiger partial charge in [-0.05, 0) is 89.7 Å². The number of anilines is 2. The topological polar surface area (TPSA) is 177 Å². The molecule has 2 saturated heterocycles. The quantitative estimate of drug-likeness (QED) is 0.131. The molecule has 2 heterocycles. The van der Waals surface area contributed by atoms with E-state index in [0.29, 0.717) is 60.9 Å². The molecule has 260 valence electrons. The van der Waals surface area contributed by atoms with Gasteiger partial charge in [0.1, 0.15) is 23.0 Å². The molecule has 0 radical (unpaired) electrons. The minimum atomic E-state index is -0.553. The van der Waals surface area contributed by atoms with E-state index in [0.717, 1.165) is 6.42 Å². The minimum Gasteiger partial charge on any atom is -0.330 e. The molecule has 2 fully saturated rings. The van der Waals surface area contributed by atoms with Gasteiger partial charge in [-0.1, -0.05) is 31.2 Å². The number of amides is 4. The van der Waals surface area contributed by atoms with Crippen molar-refractivity contribution in [2.45, 2.75) is 13.3 Å². The van der Waals surface area contributed by atoms with Crippen LogP contribution in [0.15, 0.2) is 84.9 Å². The second kappa shape index (κ2) is 15.5. The molecule has 15 heteroatoms. The Balaban J connectivity index is 0.000000194. The fourth-order valence-corrected chi connectivity index (χ4v) is 5.50. The Kier molecular flexibility index (Phi) is 11.0. The number of benzene rings is 4. The van der Waals surface area contributed by atoms with Crippen LogP contribution in [-0.2, 0) is 0 Å². The first-order valence-electron chi connectivity index (χ1n) is 15.9. The first-order chi connectivity index (χ1) is 23.9. The Morgan fingerprint density at radius 3 is 1.38 bits per heavy atom. The molecular weight excluding hydrogens is 652 g/mol. The summed E-state index contributed by atoms with van der Waals surface area (Å²) in [5.41, 5.74) is 8.11. The average Bonchev–Trinajstić information content (AvgIpc) is 3.04. The van der Waals surface area contributed by atoms with E-state index >= 15 is 0 Å².